The van der Waals surface area contributed by atoms with E-state index in [9.17, 15) is 5.21 Å². The molecule has 0 aromatic rings. The fourth-order valence-corrected chi connectivity index (χ4v) is 2.04. The molecule has 0 aliphatic carbocycles. The van der Waals surface area contributed by atoms with Gasteiger partial charge in [-0.25, -0.2) is 0 Å². The van der Waals surface area contributed by atoms with Crippen molar-refractivity contribution in [2.24, 2.45) is 5.92 Å². The molecule has 1 saturated heterocycles. The zero-order valence-electron chi connectivity index (χ0n) is 8.26. The van der Waals surface area contributed by atoms with E-state index in [1.165, 1.54) is 5.06 Å². The smallest absolute Gasteiger partial charge is 0.0274 e. The van der Waals surface area contributed by atoms with Crippen molar-refractivity contribution in [2.75, 3.05) is 19.6 Å². The molecule has 0 aromatic heterocycles. The predicted molar refractivity (Wildman–Crippen MR) is 50.8 cm³/mol. The van der Waals surface area contributed by atoms with Gasteiger partial charge in [0.2, 0.25) is 0 Å². The summed E-state index contributed by atoms with van der Waals surface area (Å²) in [7, 11) is 0. The second-order valence-electron chi connectivity index (χ2n) is 4.45. The highest BCUT2D eigenvalue weighted by Crippen LogP contribution is 2.19. The molecule has 3 nitrogen and oxygen atoms in total. The summed E-state index contributed by atoms with van der Waals surface area (Å²) >= 11 is 0. The average molecular weight is 171 g/mol. The Bertz CT molecular complexity index is 145. The molecule has 0 aromatic carbocycles. The van der Waals surface area contributed by atoms with Crippen LogP contribution < -0.4 is 5.32 Å². The van der Waals surface area contributed by atoms with E-state index in [0.717, 1.165) is 13.0 Å². The molecule has 12 heavy (non-hydrogen) atoms. The maximum Gasteiger partial charge on any atom is 0.0274 e. The van der Waals surface area contributed by atoms with Crippen molar-refractivity contribution in [3.63, 3.8) is 0 Å². The van der Waals surface area contributed by atoms with Gasteiger partial charge in [0.25, 0.3) is 0 Å². The van der Waals surface area contributed by atoms with Crippen molar-refractivity contribution in [1.29, 1.82) is 0 Å². The van der Waals surface area contributed by atoms with Crippen molar-refractivity contribution >= 4 is 0 Å². The van der Waals surface area contributed by atoms with Gasteiger partial charge in [0, 0.05) is 18.6 Å². The Kier molecular flexibility index (Phi) is 3.09. The van der Waals surface area contributed by atoms with E-state index in [4.69, 9.17) is 0 Å². The van der Waals surface area contributed by atoms with Crippen molar-refractivity contribution < 1.29 is 0 Å². The number of nitrogens with zero attached hydrogens (tertiary/aromatic N) is 1. The van der Waals surface area contributed by atoms with Crippen LogP contribution in [0.4, 0.5) is 0 Å². The molecule has 0 saturated carbocycles. The zero-order valence-corrected chi connectivity index (χ0v) is 8.26. The molecule has 0 spiro atoms. The molecule has 3 heteroatoms. The normalized spacial score (nSPS) is 32.8. The lowest BCUT2D eigenvalue weighted by molar-refractivity contribution is 0.166. The van der Waals surface area contributed by atoms with Crippen molar-refractivity contribution in [3.05, 3.63) is 5.21 Å². The van der Waals surface area contributed by atoms with Gasteiger partial charge in [-0.05, 0) is 25.8 Å². The van der Waals surface area contributed by atoms with Crippen molar-refractivity contribution in [2.45, 2.75) is 32.7 Å². The van der Waals surface area contributed by atoms with Gasteiger partial charge in [-0.1, -0.05) is 13.8 Å². The third-order valence-corrected chi connectivity index (χ3v) is 2.30. The maximum absolute atomic E-state index is 11.1. The minimum absolute atomic E-state index is 0.0359. The summed E-state index contributed by atoms with van der Waals surface area (Å²) in [6.45, 7) is 8.61. The fourth-order valence-electron chi connectivity index (χ4n) is 2.04. The minimum atomic E-state index is 0.0359. The molecular formula is C9H19N2O-. The standard InChI is InChI=1S/C9H19N2O/c1-8(2)6-9(3)7-11(12)5-4-10-9/h8,10H,4-7H2,1-3H3/q-1. The molecule has 1 aliphatic rings. The largest absolute Gasteiger partial charge is 0.785 e. The van der Waals surface area contributed by atoms with E-state index in [1.807, 2.05) is 0 Å². The number of piperazine rings is 1. The number of hydroxylamine groups is 2. The maximum atomic E-state index is 11.1. The first-order chi connectivity index (χ1) is 5.52. The first-order valence-corrected chi connectivity index (χ1v) is 4.69. The van der Waals surface area contributed by atoms with Gasteiger partial charge in [-0.15, -0.1) is 0 Å². The Morgan fingerprint density at radius 2 is 2.25 bits per heavy atom. The highest BCUT2D eigenvalue weighted by atomic mass is 16.5. The zero-order chi connectivity index (χ0) is 9.19. The molecular weight excluding hydrogens is 152 g/mol. The molecule has 1 N–H and O–H groups in total. The van der Waals surface area contributed by atoms with Crippen LogP contribution in [0.5, 0.6) is 0 Å². The summed E-state index contributed by atoms with van der Waals surface area (Å²) in [5.41, 5.74) is 0.0359. The van der Waals surface area contributed by atoms with Crippen LogP contribution in [-0.2, 0) is 0 Å². The van der Waals surface area contributed by atoms with Gasteiger partial charge in [0.15, 0.2) is 0 Å². The molecule has 1 aliphatic heterocycles. The number of hydrogen-bond donors (Lipinski definition) is 1. The van der Waals surface area contributed by atoms with Crippen LogP contribution in [0.25, 0.3) is 0 Å². The van der Waals surface area contributed by atoms with Gasteiger partial charge < -0.3 is 15.6 Å². The lowest BCUT2D eigenvalue weighted by atomic mass is 9.89. The minimum Gasteiger partial charge on any atom is -0.785 e. The predicted octanol–water partition coefficient (Wildman–Crippen LogP) is 1.19. The number of rotatable bonds is 2. The Labute approximate surface area is 74.7 Å². The molecule has 0 radical (unpaired) electrons. The van der Waals surface area contributed by atoms with Crippen molar-refractivity contribution in [3.8, 4) is 0 Å². The van der Waals surface area contributed by atoms with Gasteiger partial charge >= 0.3 is 0 Å². The number of nitrogens with one attached hydrogen (secondary N) is 1. The van der Waals surface area contributed by atoms with E-state index in [0.29, 0.717) is 19.0 Å². The third-order valence-electron chi connectivity index (χ3n) is 2.30. The van der Waals surface area contributed by atoms with E-state index >= 15 is 0 Å². The SMILES string of the molecule is CC(C)CC1(C)CN([O-])CCN1. The molecule has 0 amide bonds. The van der Waals surface area contributed by atoms with E-state index in [2.05, 4.69) is 26.1 Å². The summed E-state index contributed by atoms with van der Waals surface area (Å²) in [5, 5.41) is 15.7. The van der Waals surface area contributed by atoms with Gasteiger partial charge in [0.05, 0.1) is 0 Å². The third kappa shape index (κ3) is 2.73. The highest BCUT2D eigenvalue weighted by molar-refractivity contribution is 4.91. The second-order valence-corrected chi connectivity index (χ2v) is 4.45. The summed E-state index contributed by atoms with van der Waals surface area (Å²) in [6.07, 6.45) is 1.08. The molecule has 72 valence electrons. The van der Waals surface area contributed by atoms with Gasteiger partial charge in [-0.2, -0.15) is 0 Å². The van der Waals surface area contributed by atoms with Gasteiger partial charge in [-0.3, -0.25) is 0 Å². The van der Waals surface area contributed by atoms with Crippen LogP contribution in [0.15, 0.2) is 0 Å². The van der Waals surface area contributed by atoms with Crippen LogP contribution in [0.3, 0.4) is 0 Å². The van der Waals surface area contributed by atoms with Crippen LogP contribution in [-0.4, -0.2) is 30.2 Å². The molecule has 1 rings (SSSR count). The monoisotopic (exact) mass is 171 g/mol. The quantitative estimate of drug-likeness (QED) is 0.678. The fraction of sp³-hybridized carbons (Fsp3) is 1.00. The van der Waals surface area contributed by atoms with Crippen LogP contribution >= 0.6 is 0 Å². The van der Waals surface area contributed by atoms with E-state index < -0.39 is 0 Å². The molecule has 1 unspecified atom stereocenters. The molecule has 0 bridgehead atoms. The molecule has 1 atom stereocenters. The Hall–Kier alpha value is -0.120. The molecule has 1 fully saturated rings. The Morgan fingerprint density at radius 1 is 1.58 bits per heavy atom. The summed E-state index contributed by atoms with van der Waals surface area (Å²) in [5.74, 6) is 0.647. The van der Waals surface area contributed by atoms with Gasteiger partial charge in [0.1, 0.15) is 0 Å². The number of hydrogen-bond acceptors (Lipinski definition) is 3. The van der Waals surface area contributed by atoms with Crippen LogP contribution in [0, 0.1) is 11.1 Å². The Morgan fingerprint density at radius 3 is 2.75 bits per heavy atom. The molecule has 1 heterocycles. The van der Waals surface area contributed by atoms with E-state index in [1.54, 1.807) is 0 Å². The summed E-state index contributed by atoms with van der Waals surface area (Å²) in [4.78, 5) is 0. The summed E-state index contributed by atoms with van der Waals surface area (Å²) in [6, 6.07) is 0. The topological polar surface area (TPSA) is 38.3 Å². The van der Waals surface area contributed by atoms with Crippen molar-refractivity contribution in [1.82, 2.24) is 10.4 Å². The highest BCUT2D eigenvalue weighted by Gasteiger charge is 2.27. The average Bonchev–Trinajstić information content (AvgIpc) is 1.82. The summed E-state index contributed by atoms with van der Waals surface area (Å²) < 4.78 is 0. The van der Waals surface area contributed by atoms with Crippen LogP contribution in [0.2, 0.25) is 0 Å². The lowest BCUT2D eigenvalue weighted by Gasteiger charge is -2.45. The lowest BCUT2D eigenvalue weighted by Crippen LogP contribution is -2.57. The van der Waals surface area contributed by atoms with E-state index in [-0.39, 0.29) is 5.54 Å². The second kappa shape index (κ2) is 3.73. The Balaban J connectivity index is 2.45. The first kappa shape index (κ1) is 9.96. The first-order valence-electron chi connectivity index (χ1n) is 4.69. The van der Waals surface area contributed by atoms with Crippen LogP contribution in [0.1, 0.15) is 27.2 Å².